The van der Waals surface area contributed by atoms with Crippen LogP contribution in [0, 0.1) is 0 Å². The summed E-state index contributed by atoms with van der Waals surface area (Å²) in [6, 6.07) is 5.08. The highest BCUT2D eigenvalue weighted by atomic mass is 79.9. The van der Waals surface area contributed by atoms with E-state index in [-0.39, 0.29) is 17.9 Å². The normalized spacial score (nSPS) is 11.2. The average molecular weight is 336 g/mol. The van der Waals surface area contributed by atoms with Crippen LogP contribution in [0.15, 0.2) is 22.7 Å². The summed E-state index contributed by atoms with van der Waals surface area (Å²) in [6.07, 6.45) is -0.150. The Morgan fingerprint density at radius 1 is 1.44 bits per heavy atom. The van der Waals surface area contributed by atoms with Crippen molar-refractivity contribution in [2.24, 2.45) is 0 Å². The molecule has 100 valence electrons. The van der Waals surface area contributed by atoms with Gasteiger partial charge in [0.1, 0.15) is 0 Å². The van der Waals surface area contributed by atoms with Crippen molar-refractivity contribution in [2.45, 2.75) is 12.2 Å². The van der Waals surface area contributed by atoms with Gasteiger partial charge in [0.2, 0.25) is 0 Å². The third-order valence-electron chi connectivity index (χ3n) is 2.36. The largest absolute Gasteiger partial charge is 0.469 e. The molecular formula is C11H14BrNO4S. The molecule has 0 radical (unpaired) electrons. The van der Waals surface area contributed by atoms with Crippen molar-refractivity contribution in [3.8, 4) is 0 Å². The van der Waals surface area contributed by atoms with Crippen LogP contribution in [0.25, 0.3) is 0 Å². The Hall–Kier alpha value is -1.08. The highest BCUT2D eigenvalue weighted by Gasteiger charge is 2.17. The summed E-state index contributed by atoms with van der Waals surface area (Å²) in [5.41, 5.74) is 6.65. The van der Waals surface area contributed by atoms with Crippen LogP contribution in [0.2, 0.25) is 0 Å². The van der Waals surface area contributed by atoms with E-state index >= 15 is 0 Å². The second kappa shape index (κ2) is 6.19. The van der Waals surface area contributed by atoms with E-state index < -0.39 is 15.8 Å². The molecule has 1 aromatic rings. The van der Waals surface area contributed by atoms with Crippen LogP contribution in [-0.2, 0) is 25.1 Å². The number of nitrogens with two attached hydrogens (primary N) is 1. The summed E-state index contributed by atoms with van der Waals surface area (Å²) < 4.78 is 28.7. The zero-order chi connectivity index (χ0) is 13.8. The molecule has 0 heterocycles. The number of benzene rings is 1. The van der Waals surface area contributed by atoms with Gasteiger partial charge in [0, 0.05) is 15.7 Å². The van der Waals surface area contributed by atoms with Gasteiger partial charge in [-0.3, -0.25) is 4.79 Å². The van der Waals surface area contributed by atoms with Gasteiger partial charge in [-0.25, -0.2) is 8.42 Å². The molecular weight excluding hydrogens is 322 g/mol. The molecule has 0 amide bonds. The first-order chi connectivity index (χ1) is 8.35. The maximum Gasteiger partial charge on any atom is 0.306 e. The number of anilines is 1. The molecule has 0 atom stereocenters. The van der Waals surface area contributed by atoms with Gasteiger partial charge in [-0.15, -0.1) is 0 Å². The minimum Gasteiger partial charge on any atom is -0.469 e. The van der Waals surface area contributed by atoms with Crippen molar-refractivity contribution in [3.05, 3.63) is 28.2 Å². The van der Waals surface area contributed by atoms with E-state index in [0.717, 1.165) is 0 Å². The zero-order valence-electron chi connectivity index (χ0n) is 9.85. The van der Waals surface area contributed by atoms with E-state index in [1.165, 1.54) is 7.11 Å². The third kappa shape index (κ3) is 4.30. The number of sulfone groups is 1. The molecule has 0 aliphatic carbocycles. The molecule has 5 nitrogen and oxygen atoms in total. The molecule has 0 spiro atoms. The number of hydrogen-bond donors (Lipinski definition) is 1. The summed E-state index contributed by atoms with van der Waals surface area (Å²) in [7, 11) is -2.17. The van der Waals surface area contributed by atoms with Gasteiger partial charge in [-0.05, 0) is 12.1 Å². The molecule has 0 aliphatic rings. The fraction of sp³-hybridized carbons (Fsp3) is 0.364. The number of ether oxygens (including phenoxy) is 1. The molecule has 2 N–H and O–H groups in total. The van der Waals surface area contributed by atoms with Crippen molar-refractivity contribution in [1.29, 1.82) is 0 Å². The van der Waals surface area contributed by atoms with Crippen molar-refractivity contribution in [2.75, 3.05) is 18.6 Å². The van der Waals surface area contributed by atoms with E-state index in [9.17, 15) is 13.2 Å². The Morgan fingerprint density at radius 3 is 2.67 bits per heavy atom. The van der Waals surface area contributed by atoms with Gasteiger partial charge in [-0.1, -0.05) is 22.0 Å². The summed E-state index contributed by atoms with van der Waals surface area (Å²) in [5.74, 6) is -0.990. The molecule has 0 bridgehead atoms. The van der Waals surface area contributed by atoms with Crippen molar-refractivity contribution < 1.29 is 17.9 Å². The number of carbonyl (C=O) groups excluding carboxylic acids is 1. The maximum atomic E-state index is 11.8. The number of hydrogen-bond acceptors (Lipinski definition) is 5. The lowest BCUT2D eigenvalue weighted by Gasteiger charge is -2.08. The highest BCUT2D eigenvalue weighted by molar-refractivity contribution is 9.10. The topological polar surface area (TPSA) is 86.5 Å². The molecule has 0 aliphatic heterocycles. The average Bonchev–Trinajstić information content (AvgIpc) is 2.31. The lowest BCUT2D eigenvalue weighted by atomic mass is 10.2. The Kier molecular flexibility index (Phi) is 5.15. The smallest absolute Gasteiger partial charge is 0.306 e. The fourth-order valence-electron chi connectivity index (χ4n) is 1.36. The predicted molar refractivity (Wildman–Crippen MR) is 72.7 cm³/mol. The second-order valence-corrected chi connectivity index (χ2v) is 6.76. The Balaban J connectivity index is 2.80. The van der Waals surface area contributed by atoms with E-state index in [0.29, 0.717) is 15.7 Å². The van der Waals surface area contributed by atoms with Crippen molar-refractivity contribution >= 4 is 37.4 Å². The molecule has 0 saturated carbocycles. The van der Waals surface area contributed by atoms with Crippen LogP contribution in [0.4, 0.5) is 5.69 Å². The van der Waals surface area contributed by atoms with E-state index in [2.05, 4.69) is 20.7 Å². The Morgan fingerprint density at radius 2 is 2.11 bits per heavy atom. The molecule has 0 fully saturated rings. The van der Waals surface area contributed by atoms with Gasteiger partial charge < -0.3 is 10.5 Å². The third-order valence-corrected chi connectivity index (χ3v) is 4.66. The first-order valence-corrected chi connectivity index (χ1v) is 7.77. The monoisotopic (exact) mass is 335 g/mol. The minimum absolute atomic E-state index is 0.150. The van der Waals surface area contributed by atoms with Crippen LogP contribution in [-0.4, -0.2) is 27.2 Å². The Labute approximate surface area is 114 Å². The first-order valence-electron chi connectivity index (χ1n) is 5.16. The number of rotatable bonds is 5. The molecule has 7 heteroatoms. The molecule has 18 heavy (non-hydrogen) atoms. The Bertz CT molecular complexity index is 522. The summed E-state index contributed by atoms with van der Waals surface area (Å²) in [6.45, 7) is 0. The standard InChI is InChI=1S/C11H14BrNO4S/c1-17-11(14)5-6-18(15,16)7-8-9(12)3-2-4-10(8)13/h2-4H,5-7,13H2,1H3. The summed E-state index contributed by atoms with van der Waals surface area (Å²) in [4.78, 5) is 10.9. The van der Waals surface area contributed by atoms with Crippen LogP contribution < -0.4 is 5.73 Å². The van der Waals surface area contributed by atoms with Gasteiger partial charge >= 0.3 is 5.97 Å². The van der Waals surface area contributed by atoms with Crippen molar-refractivity contribution in [3.63, 3.8) is 0 Å². The lowest BCUT2D eigenvalue weighted by molar-refractivity contribution is -0.140. The molecule has 0 aromatic heterocycles. The number of halogens is 1. The fourth-order valence-corrected chi connectivity index (χ4v) is 3.45. The summed E-state index contributed by atoms with van der Waals surface area (Å²) in [5, 5.41) is 0. The van der Waals surface area contributed by atoms with Gasteiger partial charge in [0.05, 0.1) is 25.0 Å². The predicted octanol–water partition coefficient (Wildman–Crippen LogP) is 1.51. The van der Waals surface area contributed by atoms with E-state index in [1.807, 2.05) is 0 Å². The molecule has 1 aromatic carbocycles. The highest BCUT2D eigenvalue weighted by Crippen LogP contribution is 2.25. The van der Waals surface area contributed by atoms with Gasteiger partial charge in [0.15, 0.2) is 9.84 Å². The zero-order valence-corrected chi connectivity index (χ0v) is 12.3. The van der Waals surface area contributed by atoms with Crippen LogP contribution >= 0.6 is 15.9 Å². The van der Waals surface area contributed by atoms with Gasteiger partial charge in [0.25, 0.3) is 0 Å². The molecule has 1 rings (SSSR count). The second-order valence-electron chi connectivity index (χ2n) is 3.73. The summed E-state index contributed by atoms with van der Waals surface area (Å²) >= 11 is 3.26. The lowest BCUT2D eigenvalue weighted by Crippen LogP contribution is -2.15. The van der Waals surface area contributed by atoms with Gasteiger partial charge in [-0.2, -0.15) is 0 Å². The number of nitrogen functional groups attached to an aromatic ring is 1. The maximum absolute atomic E-state index is 11.8. The van der Waals surface area contributed by atoms with Crippen molar-refractivity contribution in [1.82, 2.24) is 0 Å². The minimum atomic E-state index is -3.40. The van der Waals surface area contributed by atoms with Crippen LogP contribution in [0.3, 0.4) is 0 Å². The molecule has 0 saturated heterocycles. The van der Waals surface area contributed by atoms with Crippen LogP contribution in [0.1, 0.15) is 12.0 Å². The molecule has 0 unspecified atom stereocenters. The van der Waals surface area contributed by atoms with Crippen LogP contribution in [0.5, 0.6) is 0 Å². The first kappa shape index (κ1) is 15.0. The SMILES string of the molecule is COC(=O)CCS(=O)(=O)Cc1c(N)cccc1Br. The van der Waals surface area contributed by atoms with E-state index in [1.54, 1.807) is 18.2 Å². The number of methoxy groups -OCH3 is 1. The number of esters is 1. The number of carbonyl (C=O) groups is 1. The quantitative estimate of drug-likeness (QED) is 0.651. The van der Waals surface area contributed by atoms with E-state index in [4.69, 9.17) is 5.73 Å².